The van der Waals surface area contributed by atoms with Crippen molar-refractivity contribution in [1.29, 1.82) is 0 Å². The fourth-order valence-electron chi connectivity index (χ4n) is 2.43. The molecule has 0 heterocycles. The quantitative estimate of drug-likeness (QED) is 0.804. The number of rotatable bonds is 5. The molecule has 0 saturated heterocycles. The second-order valence-corrected chi connectivity index (χ2v) is 4.99. The lowest BCUT2D eigenvalue weighted by atomic mass is 9.71. The molecule has 2 unspecified atom stereocenters. The van der Waals surface area contributed by atoms with Gasteiger partial charge in [0.05, 0.1) is 5.41 Å². The van der Waals surface area contributed by atoms with Crippen LogP contribution in [0.25, 0.3) is 0 Å². The second kappa shape index (κ2) is 5.84. The van der Waals surface area contributed by atoms with Crippen LogP contribution < -0.4 is 5.73 Å². The van der Waals surface area contributed by atoms with Crippen LogP contribution in [0.2, 0.25) is 0 Å². The molecule has 1 aromatic carbocycles. The molecule has 0 amide bonds. The second-order valence-electron chi connectivity index (χ2n) is 4.99. The summed E-state index contributed by atoms with van der Waals surface area (Å²) in [7, 11) is 0. The lowest BCUT2D eigenvalue weighted by Gasteiger charge is -2.31. The van der Waals surface area contributed by atoms with Gasteiger partial charge in [-0.1, -0.05) is 54.6 Å². The van der Waals surface area contributed by atoms with Gasteiger partial charge in [0.2, 0.25) is 0 Å². The van der Waals surface area contributed by atoms with Gasteiger partial charge < -0.3 is 10.8 Å². The average molecular weight is 271 g/mol. The first-order valence-electron chi connectivity index (χ1n) is 6.48. The van der Waals surface area contributed by atoms with Gasteiger partial charge >= 0.3 is 5.97 Å². The van der Waals surface area contributed by atoms with Crippen molar-refractivity contribution in [2.24, 2.45) is 11.1 Å². The lowest BCUT2D eigenvalue weighted by molar-refractivity contribution is -0.139. The van der Waals surface area contributed by atoms with E-state index in [-0.39, 0.29) is 12.2 Å². The van der Waals surface area contributed by atoms with E-state index < -0.39 is 17.4 Å². The molecule has 104 valence electrons. The highest BCUT2D eigenvalue weighted by Gasteiger charge is 2.39. The molecule has 1 aliphatic rings. The predicted molar refractivity (Wildman–Crippen MR) is 76.3 cm³/mol. The van der Waals surface area contributed by atoms with Gasteiger partial charge in [0, 0.05) is 5.56 Å². The number of carbonyl (C=O) groups is 2. The highest BCUT2D eigenvalue weighted by atomic mass is 16.4. The fraction of sp³-hybridized carbons (Fsp3) is 0.250. The zero-order valence-corrected chi connectivity index (χ0v) is 11.0. The molecular weight excluding hydrogens is 254 g/mol. The Kier molecular flexibility index (Phi) is 4.15. The summed E-state index contributed by atoms with van der Waals surface area (Å²) in [5.74, 6) is -1.18. The van der Waals surface area contributed by atoms with Crippen molar-refractivity contribution in [2.45, 2.75) is 18.9 Å². The van der Waals surface area contributed by atoms with Crippen LogP contribution in [0, 0.1) is 5.41 Å². The summed E-state index contributed by atoms with van der Waals surface area (Å²) in [6, 6.07) is 7.84. The molecule has 0 aromatic heterocycles. The molecule has 4 nitrogen and oxygen atoms in total. The smallest absolute Gasteiger partial charge is 0.320 e. The summed E-state index contributed by atoms with van der Waals surface area (Å²) < 4.78 is 0. The van der Waals surface area contributed by atoms with Crippen LogP contribution in [0.1, 0.15) is 23.2 Å². The molecule has 1 aliphatic carbocycles. The summed E-state index contributed by atoms with van der Waals surface area (Å²) in [5, 5.41) is 9.00. The van der Waals surface area contributed by atoms with Crippen LogP contribution in [0.5, 0.6) is 0 Å². The molecule has 0 radical (unpaired) electrons. The maximum atomic E-state index is 12.7. The van der Waals surface area contributed by atoms with Crippen LogP contribution in [0.15, 0.2) is 54.6 Å². The number of nitrogens with two attached hydrogens (primary N) is 1. The molecule has 0 spiro atoms. The Hall–Kier alpha value is -2.20. The number of aliphatic carboxylic acids is 1. The van der Waals surface area contributed by atoms with Crippen LogP contribution in [-0.2, 0) is 4.79 Å². The number of benzene rings is 1. The van der Waals surface area contributed by atoms with Gasteiger partial charge in [0.1, 0.15) is 6.04 Å². The van der Waals surface area contributed by atoms with Gasteiger partial charge in [-0.15, -0.1) is 0 Å². The average Bonchev–Trinajstić information content (AvgIpc) is 2.48. The lowest BCUT2D eigenvalue weighted by Crippen LogP contribution is -2.41. The minimum atomic E-state index is -1.09. The molecule has 20 heavy (non-hydrogen) atoms. The number of ketones is 1. The van der Waals surface area contributed by atoms with E-state index in [1.54, 1.807) is 36.4 Å². The van der Waals surface area contributed by atoms with Crippen LogP contribution in [-0.4, -0.2) is 22.9 Å². The van der Waals surface area contributed by atoms with Crippen molar-refractivity contribution in [1.82, 2.24) is 0 Å². The van der Waals surface area contributed by atoms with E-state index in [1.165, 1.54) is 0 Å². The molecule has 2 atom stereocenters. The Labute approximate surface area is 117 Å². The van der Waals surface area contributed by atoms with Crippen molar-refractivity contribution in [3.8, 4) is 0 Å². The highest BCUT2D eigenvalue weighted by molar-refractivity contribution is 6.02. The normalized spacial score (nSPS) is 22.4. The third-order valence-electron chi connectivity index (χ3n) is 3.53. The van der Waals surface area contributed by atoms with E-state index in [1.807, 2.05) is 18.2 Å². The van der Waals surface area contributed by atoms with Gasteiger partial charge in [-0.25, -0.2) is 0 Å². The zero-order valence-electron chi connectivity index (χ0n) is 11.0. The van der Waals surface area contributed by atoms with Gasteiger partial charge in [-0.3, -0.25) is 9.59 Å². The number of carboxylic acids is 1. The maximum absolute atomic E-state index is 12.7. The first kappa shape index (κ1) is 14.2. The predicted octanol–water partition coefficient (Wildman–Crippen LogP) is 2.17. The fourth-order valence-corrected chi connectivity index (χ4v) is 2.43. The number of carbonyl (C=O) groups excluding carboxylic acids is 1. The third kappa shape index (κ3) is 2.86. The Bertz CT molecular complexity index is 562. The van der Waals surface area contributed by atoms with Gasteiger partial charge in [0.25, 0.3) is 0 Å². The van der Waals surface area contributed by atoms with Crippen molar-refractivity contribution in [3.63, 3.8) is 0 Å². The summed E-state index contributed by atoms with van der Waals surface area (Å²) in [6.45, 7) is 0. The van der Waals surface area contributed by atoms with E-state index in [0.29, 0.717) is 12.0 Å². The first-order valence-corrected chi connectivity index (χ1v) is 6.48. The molecule has 0 aliphatic heterocycles. The monoisotopic (exact) mass is 271 g/mol. The summed E-state index contributed by atoms with van der Waals surface area (Å²) in [4.78, 5) is 23.7. The number of carboxylic acid groups (broad SMARTS) is 1. The Morgan fingerprint density at radius 1 is 1.25 bits per heavy atom. The molecule has 2 rings (SSSR count). The number of Topliss-reactive ketones (excluding diaryl/α,β-unsaturated/α-hetero) is 1. The van der Waals surface area contributed by atoms with Crippen LogP contribution >= 0.6 is 0 Å². The molecule has 4 heteroatoms. The maximum Gasteiger partial charge on any atom is 0.320 e. The van der Waals surface area contributed by atoms with Crippen LogP contribution in [0.3, 0.4) is 0 Å². The topological polar surface area (TPSA) is 80.4 Å². The molecule has 0 fully saturated rings. The van der Waals surface area contributed by atoms with Gasteiger partial charge in [-0.05, 0) is 12.8 Å². The van der Waals surface area contributed by atoms with Crippen molar-refractivity contribution < 1.29 is 14.7 Å². The minimum absolute atomic E-state index is 0.0876. The van der Waals surface area contributed by atoms with E-state index in [0.717, 1.165) is 0 Å². The largest absolute Gasteiger partial charge is 0.480 e. The van der Waals surface area contributed by atoms with Gasteiger partial charge in [0.15, 0.2) is 5.78 Å². The first-order chi connectivity index (χ1) is 9.55. The minimum Gasteiger partial charge on any atom is -0.480 e. The van der Waals surface area contributed by atoms with E-state index in [9.17, 15) is 9.59 Å². The van der Waals surface area contributed by atoms with Crippen LogP contribution in [0.4, 0.5) is 0 Å². The molecule has 0 saturated carbocycles. The number of hydrogen-bond acceptors (Lipinski definition) is 3. The number of allylic oxidation sites excluding steroid dienone is 4. The molecule has 3 N–H and O–H groups in total. The molecular formula is C16H17NO3. The summed E-state index contributed by atoms with van der Waals surface area (Å²) >= 11 is 0. The Morgan fingerprint density at radius 3 is 2.50 bits per heavy atom. The summed E-state index contributed by atoms with van der Waals surface area (Å²) in [6.07, 6.45) is 7.83. The van der Waals surface area contributed by atoms with E-state index in [2.05, 4.69) is 0 Å². The van der Waals surface area contributed by atoms with E-state index >= 15 is 0 Å². The highest BCUT2D eigenvalue weighted by Crippen LogP contribution is 2.36. The SMILES string of the molecule is NC(CC1(C(=O)c2ccccc2)C=CC=CC1)C(=O)O. The number of hydrogen-bond donors (Lipinski definition) is 2. The Balaban J connectivity index is 2.33. The molecule has 0 bridgehead atoms. The third-order valence-corrected chi connectivity index (χ3v) is 3.53. The van der Waals surface area contributed by atoms with Crippen molar-refractivity contribution in [2.75, 3.05) is 0 Å². The summed E-state index contributed by atoms with van der Waals surface area (Å²) in [5.41, 5.74) is 5.35. The van der Waals surface area contributed by atoms with Crippen molar-refractivity contribution >= 4 is 11.8 Å². The zero-order chi connectivity index (χ0) is 14.6. The Morgan fingerprint density at radius 2 is 1.95 bits per heavy atom. The van der Waals surface area contributed by atoms with Crippen molar-refractivity contribution in [3.05, 3.63) is 60.2 Å². The van der Waals surface area contributed by atoms with Gasteiger partial charge in [-0.2, -0.15) is 0 Å². The standard InChI is InChI=1S/C16H17NO3/c17-13(15(19)20)11-16(9-5-2-6-10-16)14(18)12-7-3-1-4-8-12/h1-9,13H,10-11,17H2,(H,19,20). The van der Waals surface area contributed by atoms with E-state index in [4.69, 9.17) is 10.8 Å². The molecule has 1 aromatic rings.